The molecule has 0 saturated carbocycles. The molecule has 3 nitrogen and oxygen atoms in total. The molecule has 1 aromatic rings. The molecular formula is C12H16F3NO2. The van der Waals surface area contributed by atoms with Crippen LogP contribution in [0.3, 0.4) is 0 Å². The highest BCUT2D eigenvalue weighted by Gasteiger charge is 2.26. The lowest BCUT2D eigenvalue weighted by Gasteiger charge is -2.16. The van der Waals surface area contributed by atoms with Gasteiger partial charge in [-0.25, -0.2) is 0 Å². The van der Waals surface area contributed by atoms with Crippen molar-refractivity contribution in [1.29, 1.82) is 0 Å². The summed E-state index contributed by atoms with van der Waals surface area (Å²) in [4.78, 5) is 0. The van der Waals surface area contributed by atoms with Gasteiger partial charge in [0.1, 0.15) is 0 Å². The number of nitrogens with one attached hydrogen (secondary N) is 1. The highest BCUT2D eigenvalue weighted by molar-refractivity contribution is 5.42. The maximum atomic E-state index is 12.0. The molecule has 0 spiro atoms. The Balaban J connectivity index is 2.59. The molecule has 0 aliphatic rings. The van der Waals surface area contributed by atoms with Crippen LogP contribution in [-0.4, -0.2) is 24.9 Å². The molecule has 102 valence electrons. The lowest BCUT2D eigenvalue weighted by Crippen LogP contribution is -2.24. The van der Waals surface area contributed by atoms with Crippen LogP contribution in [0.5, 0.6) is 11.5 Å². The van der Waals surface area contributed by atoms with Crippen LogP contribution in [0, 0.1) is 0 Å². The summed E-state index contributed by atoms with van der Waals surface area (Å²) in [5.41, 5.74) is 0.756. The molecular weight excluding hydrogens is 247 g/mol. The summed E-state index contributed by atoms with van der Waals surface area (Å²) < 4.78 is 40.9. The van der Waals surface area contributed by atoms with Crippen molar-refractivity contribution < 1.29 is 23.0 Å². The van der Waals surface area contributed by atoms with Gasteiger partial charge in [-0.2, -0.15) is 13.2 Å². The van der Waals surface area contributed by atoms with Gasteiger partial charge in [0.25, 0.3) is 0 Å². The van der Waals surface area contributed by atoms with Crippen molar-refractivity contribution in [3.8, 4) is 11.5 Å². The van der Waals surface area contributed by atoms with E-state index in [9.17, 15) is 18.3 Å². The number of rotatable bonds is 5. The minimum Gasteiger partial charge on any atom is -0.504 e. The fourth-order valence-corrected chi connectivity index (χ4v) is 1.51. The van der Waals surface area contributed by atoms with E-state index in [0.717, 1.165) is 5.56 Å². The smallest absolute Gasteiger partial charge is 0.390 e. The maximum absolute atomic E-state index is 12.0. The van der Waals surface area contributed by atoms with Crippen LogP contribution in [0.15, 0.2) is 18.2 Å². The zero-order valence-corrected chi connectivity index (χ0v) is 10.2. The average molecular weight is 263 g/mol. The van der Waals surface area contributed by atoms with Gasteiger partial charge in [0, 0.05) is 12.6 Å². The van der Waals surface area contributed by atoms with Crippen molar-refractivity contribution in [3.63, 3.8) is 0 Å². The highest BCUT2D eigenvalue weighted by atomic mass is 19.4. The van der Waals surface area contributed by atoms with E-state index in [1.165, 1.54) is 13.2 Å². The molecule has 2 N–H and O–H groups in total. The number of hydrogen-bond donors (Lipinski definition) is 2. The Bertz CT molecular complexity index is 393. The van der Waals surface area contributed by atoms with Crippen molar-refractivity contribution >= 4 is 0 Å². The molecule has 6 heteroatoms. The minimum absolute atomic E-state index is 0.00346. The van der Waals surface area contributed by atoms with Crippen LogP contribution in [-0.2, 0) is 0 Å². The number of ether oxygens (including phenoxy) is 1. The van der Waals surface area contributed by atoms with Gasteiger partial charge >= 0.3 is 6.18 Å². The first-order valence-electron chi connectivity index (χ1n) is 5.50. The predicted octanol–water partition coefficient (Wildman–Crippen LogP) is 3.00. The number of aromatic hydroxyl groups is 1. The summed E-state index contributed by atoms with van der Waals surface area (Å²) in [5, 5.41) is 12.2. The minimum atomic E-state index is -4.15. The van der Waals surface area contributed by atoms with Crippen molar-refractivity contribution in [2.45, 2.75) is 25.6 Å². The quantitative estimate of drug-likeness (QED) is 0.858. The summed E-state index contributed by atoms with van der Waals surface area (Å²) >= 11 is 0. The van der Waals surface area contributed by atoms with E-state index >= 15 is 0 Å². The monoisotopic (exact) mass is 263 g/mol. The van der Waals surface area contributed by atoms with E-state index in [1.807, 2.05) is 0 Å². The standard InChI is InChI=1S/C12H16F3NO2/c1-8(16-6-5-12(13,14)15)9-3-4-10(17)11(7-9)18-2/h3-4,7-8,16-17H,5-6H2,1-2H3. The molecule has 0 heterocycles. The van der Waals surface area contributed by atoms with Crippen LogP contribution in [0.25, 0.3) is 0 Å². The summed E-state index contributed by atoms with van der Waals surface area (Å²) in [5.74, 6) is 0.306. The number of benzene rings is 1. The van der Waals surface area contributed by atoms with Crippen LogP contribution in [0.4, 0.5) is 13.2 Å². The third-order valence-corrected chi connectivity index (χ3v) is 2.56. The van der Waals surface area contributed by atoms with E-state index in [0.29, 0.717) is 5.75 Å². The van der Waals surface area contributed by atoms with Gasteiger partial charge in [-0.1, -0.05) is 6.07 Å². The van der Waals surface area contributed by atoms with Gasteiger partial charge < -0.3 is 15.2 Å². The summed E-state index contributed by atoms with van der Waals surface area (Å²) in [6, 6.07) is 4.45. The van der Waals surface area contributed by atoms with Gasteiger partial charge in [0.05, 0.1) is 13.5 Å². The Morgan fingerprint density at radius 2 is 2.06 bits per heavy atom. The Morgan fingerprint density at radius 1 is 1.39 bits per heavy atom. The topological polar surface area (TPSA) is 41.5 Å². The molecule has 0 aromatic heterocycles. The lowest BCUT2D eigenvalue weighted by atomic mass is 10.1. The molecule has 0 aliphatic heterocycles. The molecule has 0 radical (unpaired) electrons. The van der Waals surface area contributed by atoms with E-state index < -0.39 is 12.6 Å². The second-order valence-corrected chi connectivity index (χ2v) is 3.97. The first kappa shape index (κ1) is 14.6. The Hall–Kier alpha value is -1.43. The predicted molar refractivity (Wildman–Crippen MR) is 61.7 cm³/mol. The summed E-state index contributed by atoms with van der Waals surface area (Å²) in [6.07, 6.45) is -5.02. The number of methoxy groups -OCH3 is 1. The molecule has 1 atom stereocenters. The molecule has 0 saturated heterocycles. The molecule has 18 heavy (non-hydrogen) atoms. The molecule has 1 aromatic carbocycles. The van der Waals surface area contributed by atoms with Gasteiger partial charge in [-0.05, 0) is 24.6 Å². The van der Waals surface area contributed by atoms with Crippen LogP contribution < -0.4 is 10.1 Å². The fraction of sp³-hybridized carbons (Fsp3) is 0.500. The van der Waals surface area contributed by atoms with Gasteiger partial charge in [0.2, 0.25) is 0 Å². The lowest BCUT2D eigenvalue weighted by molar-refractivity contribution is -0.133. The zero-order chi connectivity index (χ0) is 13.8. The maximum Gasteiger partial charge on any atom is 0.390 e. The summed E-state index contributed by atoms with van der Waals surface area (Å²) in [6.45, 7) is 1.61. The SMILES string of the molecule is COc1cc(C(C)NCCC(F)(F)F)ccc1O. The molecule has 0 aliphatic carbocycles. The van der Waals surface area contributed by atoms with Crippen molar-refractivity contribution in [2.75, 3.05) is 13.7 Å². The molecule has 1 rings (SSSR count). The average Bonchev–Trinajstić information content (AvgIpc) is 2.27. The van der Waals surface area contributed by atoms with E-state index in [-0.39, 0.29) is 18.3 Å². The normalized spacial score (nSPS) is 13.4. The van der Waals surface area contributed by atoms with Gasteiger partial charge in [0.15, 0.2) is 11.5 Å². The van der Waals surface area contributed by atoms with Crippen molar-refractivity contribution in [3.05, 3.63) is 23.8 Å². The third-order valence-electron chi connectivity index (χ3n) is 2.56. The zero-order valence-electron chi connectivity index (χ0n) is 10.2. The number of phenolic OH excluding ortho intramolecular Hbond substituents is 1. The Morgan fingerprint density at radius 3 is 2.61 bits per heavy atom. The molecule has 1 unspecified atom stereocenters. The molecule has 0 fully saturated rings. The van der Waals surface area contributed by atoms with Crippen LogP contribution >= 0.6 is 0 Å². The largest absolute Gasteiger partial charge is 0.504 e. The third kappa shape index (κ3) is 4.44. The number of hydrogen-bond acceptors (Lipinski definition) is 3. The van der Waals surface area contributed by atoms with E-state index in [1.54, 1.807) is 19.1 Å². The first-order valence-corrected chi connectivity index (χ1v) is 5.50. The molecule has 0 amide bonds. The fourth-order valence-electron chi connectivity index (χ4n) is 1.51. The number of halogens is 3. The van der Waals surface area contributed by atoms with Gasteiger partial charge in [-0.15, -0.1) is 0 Å². The van der Waals surface area contributed by atoms with Crippen LogP contribution in [0.2, 0.25) is 0 Å². The van der Waals surface area contributed by atoms with Crippen LogP contribution in [0.1, 0.15) is 24.9 Å². The Kier molecular flexibility index (Phi) is 4.84. The second-order valence-electron chi connectivity index (χ2n) is 3.97. The van der Waals surface area contributed by atoms with Gasteiger partial charge in [-0.3, -0.25) is 0 Å². The van der Waals surface area contributed by atoms with Crippen molar-refractivity contribution in [1.82, 2.24) is 5.32 Å². The van der Waals surface area contributed by atoms with Crippen molar-refractivity contribution in [2.24, 2.45) is 0 Å². The summed E-state index contributed by atoms with van der Waals surface area (Å²) in [7, 11) is 1.42. The first-order chi connectivity index (χ1) is 8.33. The Labute approximate surface area is 104 Å². The van der Waals surface area contributed by atoms with E-state index in [4.69, 9.17) is 4.74 Å². The highest BCUT2D eigenvalue weighted by Crippen LogP contribution is 2.29. The molecule has 0 bridgehead atoms. The second kappa shape index (κ2) is 5.95. The number of alkyl halides is 3. The van der Waals surface area contributed by atoms with E-state index in [2.05, 4.69) is 5.32 Å². The number of phenols is 1.